The highest BCUT2D eigenvalue weighted by Gasteiger charge is 2.12. The molecule has 0 aliphatic carbocycles. The van der Waals surface area contributed by atoms with Crippen LogP contribution < -0.4 is 15.2 Å². The maximum atomic E-state index is 5.74. The Hall–Kier alpha value is -1.94. The van der Waals surface area contributed by atoms with Crippen LogP contribution in [0.4, 0.5) is 0 Å². The molecule has 2 aromatic rings. The van der Waals surface area contributed by atoms with Gasteiger partial charge in [0.2, 0.25) is 0 Å². The molecule has 0 atom stereocenters. The number of ether oxygens (including phenoxy) is 2. The Morgan fingerprint density at radius 2 is 1.88 bits per heavy atom. The van der Waals surface area contributed by atoms with E-state index in [2.05, 4.69) is 0 Å². The zero-order chi connectivity index (χ0) is 12.3. The molecule has 0 aliphatic heterocycles. The lowest BCUT2D eigenvalue weighted by Gasteiger charge is -2.13. The fourth-order valence-corrected chi connectivity index (χ4v) is 1.78. The average Bonchev–Trinajstić information content (AvgIpc) is 2.90. The minimum absolute atomic E-state index is 0.431. The van der Waals surface area contributed by atoms with Crippen LogP contribution in [0.2, 0.25) is 0 Å². The molecule has 0 saturated heterocycles. The monoisotopic (exact) mass is 233 g/mol. The van der Waals surface area contributed by atoms with Crippen molar-refractivity contribution in [1.29, 1.82) is 0 Å². The molecule has 0 radical (unpaired) electrons. The number of hydrogen-bond donors (Lipinski definition) is 1. The Labute approximate surface area is 99.9 Å². The first-order valence-electron chi connectivity index (χ1n) is 5.27. The van der Waals surface area contributed by atoms with Crippen molar-refractivity contribution in [2.24, 2.45) is 5.73 Å². The zero-order valence-corrected chi connectivity index (χ0v) is 9.90. The van der Waals surface area contributed by atoms with Crippen LogP contribution in [-0.4, -0.2) is 14.2 Å². The van der Waals surface area contributed by atoms with Gasteiger partial charge in [0.05, 0.1) is 26.7 Å². The van der Waals surface area contributed by atoms with Crippen LogP contribution in [0.3, 0.4) is 0 Å². The van der Waals surface area contributed by atoms with E-state index in [1.807, 2.05) is 18.2 Å². The van der Waals surface area contributed by atoms with Crippen molar-refractivity contribution in [2.45, 2.75) is 6.54 Å². The van der Waals surface area contributed by atoms with Crippen molar-refractivity contribution < 1.29 is 13.9 Å². The Morgan fingerprint density at radius 3 is 2.41 bits per heavy atom. The van der Waals surface area contributed by atoms with Gasteiger partial charge >= 0.3 is 0 Å². The van der Waals surface area contributed by atoms with Crippen molar-refractivity contribution in [3.05, 3.63) is 36.3 Å². The maximum Gasteiger partial charge on any atom is 0.161 e. The van der Waals surface area contributed by atoms with Crippen molar-refractivity contribution >= 4 is 0 Å². The maximum absolute atomic E-state index is 5.74. The van der Waals surface area contributed by atoms with E-state index in [0.717, 1.165) is 16.7 Å². The molecule has 1 heterocycles. The second-order valence-electron chi connectivity index (χ2n) is 3.58. The van der Waals surface area contributed by atoms with E-state index in [0.29, 0.717) is 18.0 Å². The molecule has 2 rings (SSSR count). The van der Waals surface area contributed by atoms with Gasteiger partial charge in [-0.15, -0.1) is 0 Å². The fraction of sp³-hybridized carbons (Fsp3) is 0.231. The summed E-state index contributed by atoms with van der Waals surface area (Å²) in [6, 6.07) is 5.69. The molecule has 4 nitrogen and oxygen atoms in total. The van der Waals surface area contributed by atoms with Crippen LogP contribution in [0, 0.1) is 0 Å². The zero-order valence-electron chi connectivity index (χ0n) is 9.90. The Balaban J connectivity index is 2.58. The lowest BCUT2D eigenvalue weighted by molar-refractivity contribution is 0.354. The third-order valence-electron chi connectivity index (χ3n) is 2.66. The van der Waals surface area contributed by atoms with E-state index < -0.39 is 0 Å². The summed E-state index contributed by atoms with van der Waals surface area (Å²) < 4.78 is 15.6. The van der Waals surface area contributed by atoms with Crippen LogP contribution in [0.15, 0.2) is 35.1 Å². The van der Waals surface area contributed by atoms with Crippen molar-refractivity contribution in [2.75, 3.05) is 14.2 Å². The van der Waals surface area contributed by atoms with Gasteiger partial charge in [0.25, 0.3) is 0 Å². The van der Waals surface area contributed by atoms with Gasteiger partial charge in [-0.25, -0.2) is 0 Å². The molecular formula is C13H15NO3. The number of methoxy groups -OCH3 is 2. The van der Waals surface area contributed by atoms with E-state index in [4.69, 9.17) is 19.6 Å². The lowest BCUT2D eigenvalue weighted by Crippen LogP contribution is -2.01. The van der Waals surface area contributed by atoms with Gasteiger partial charge in [0.15, 0.2) is 11.5 Å². The predicted octanol–water partition coefficient (Wildman–Crippen LogP) is 2.42. The molecule has 0 fully saturated rings. The largest absolute Gasteiger partial charge is 0.493 e. The topological polar surface area (TPSA) is 57.6 Å². The SMILES string of the molecule is COc1cc(CN)c(-c2ccoc2)cc1OC. The summed E-state index contributed by atoms with van der Waals surface area (Å²) in [5.41, 5.74) is 8.71. The quantitative estimate of drug-likeness (QED) is 0.881. The molecule has 0 aliphatic rings. The first-order chi connectivity index (χ1) is 8.30. The van der Waals surface area contributed by atoms with Crippen LogP contribution >= 0.6 is 0 Å². The first kappa shape index (κ1) is 11.5. The van der Waals surface area contributed by atoms with Crippen LogP contribution in [0.1, 0.15) is 5.56 Å². The van der Waals surface area contributed by atoms with E-state index in [1.54, 1.807) is 26.7 Å². The van der Waals surface area contributed by atoms with E-state index in [-0.39, 0.29) is 0 Å². The summed E-state index contributed by atoms with van der Waals surface area (Å²) in [5, 5.41) is 0. The van der Waals surface area contributed by atoms with Gasteiger partial charge in [-0.2, -0.15) is 0 Å². The van der Waals surface area contributed by atoms with Gasteiger partial charge in [-0.1, -0.05) is 0 Å². The third kappa shape index (κ3) is 2.12. The number of nitrogens with two attached hydrogens (primary N) is 1. The smallest absolute Gasteiger partial charge is 0.161 e. The summed E-state index contributed by atoms with van der Waals surface area (Å²) in [6.45, 7) is 0.431. The average molecular weight is 233 g/mol. The standard InChI is InChI=1S/C13H15NO3/c1-15-12-5-10(7-14)11(6-13(12)16-2)9-3-4-17-8-9/h3-6,8H,7,14H2,1-2H3. The minimum atomic E-state index is 0.431. The number of furan rings is 1. The molecule has 17 heavy (non-hydrogen) atoms. The molecule has 1 aromatic heterocycles. The first-order valence-corrected chi connectivity index (χ1v) is 5.27. The summed E-state index contributed by atoms with van der Waals surface area (Å²) in [4.78, 5) is 0. The van der Waals surface area contributed by atoms with Gasteiger partial charge in [-0.05, 0) is 29.3 Å². The van der Waals surface area contributed by atoms with Crippen LogP contribution in [0.5, 0.6) is 11.5 Å². The highest BCUT2D eigenvalue weighted by atomic mass is 16.5. The second-order valence-corrected chi connectivity index (χ2v) is 3.58. The molecule has 0 saturated carbocycles. The second kappa shape index (κ2) is 4.93. The van der Waals surface area contributed by atoms with Gasteiger partial charge in [0, 0.05) is 12.1 Å². The van der Waals surface area contributed by atoms with Gasteiger partial charge in [0.1, 0.15) is 0 Å². The number of hydrogen-bond acceptors (Lipinski definition) is 4. The molecule has 2 N–H and O–H groups in total. The van der Waals surface area contributed by atoms with E-state index >= 15 is 0 Å². The normalized spacial score (nSPS) is 10.3. The minimum Gasteiger partial charge on any atom is -0.493 e. The van der Waals surface area contributed by atoms with Crippen molar-refractivity contribution in [3.8, 4) is 22.6 Å². The number of benzene rings is 1. The summed E-state index contributed by atoms with van der Waals surface area (Å²) in [6.07, 6.45) is 3.31. The van der Waals surface area contributed by atoms with Crippen molar-refractivity contribution in [1.82, 2.24) is 0 Å². The van der Waals surface area contributed by atoms with Crippen molar-refractivity contribution in [3.63, 3.8) is 0 Å². The summed E-state index contributed by atoms with van der Waals surface area (Å²) in [7, 11) is 3.22. The molecule has 0 spiro atoms. The Bertz CT molecular complexity index is 492. The fourth-order valence-electron chi connectivity index (χ4n) is 1.78. The van der Waals surface area contributed by atoms with Gasteiger partial charge in [-0.3, -0.25) is 0 Å². The molecule has 90 valence electrons. The van der Waals surface area contributed by atoms with E-state index in [1.165, 1.54) is 0 Å². The third-order valence-corrected chi connectivity index (χ3v) is 2.66. The molecule has 1 aromatic carbocycles. The lowest BCUT2D eigenvalue weighted by atomic mass is 10.0. The van der Waals surface area contributed by atoms with Crippen LogP contribution in [0.25, 0.3) is 11.1 Å². The Morgan fingerprint density at radius 1 is 1.18 bits per heavy atom. The highest BCUT2D eigenvalue weighted by Crippen LogP contribution is 2.35. The van der Waals surface area contributed by atoms with Crippen LogP contribution in [-0.2, 0) is 6.54 Å². The van der Waals surface area contributed by atoms with Gasteiger partial charge < -0.3 is 19.6 Å². The molecule has 0 bridgehead atoms. The van der Waals surface area contributed by atoms with E-state index in [9.17, 15) is 0 Å². The number of rotatable bonds is 4. The predicted molar refractivity (Wildman–Crippen MR) is 65.1 cm³/mol. The Kier molecular flexibility index (Phi) is 3.35. The molecule has 0 unspecified atom stereocenters. The molecule has 4 heteroatoms. The molecule has 0 amide bonds. The highest BCUT2D eigenvalue weighted by molar-refractivity contribution is 5.70. The molecular weight excluding hydrogens is 218 g/mol. The summed E-state index contributed by atoms with van der Waals surface area (Å²) in [5.74, 6) is 1.36. The summed E-state index contributed by atoms with van der Waals surface area (Å²) >= 11 is 0.